The molecule has 0 heterocycles. The lowest BCUT2D eigenvalue weighted by Gasteiger charge is -2.14. The highest BCUT2D eigenvalue weighted by Crippen LogP contribution is 2.29. The van der Waals surface area contributed by atoms with Gasteiger partial charge in [0.2, 0.25) is 0 Å². The van der Waals surface area contributed by atoms with Gasteiger partial charge in [0.05, 0.1) is 6.42 Å². The largest absolute Gasteiger partial charge is 0.373 e. The maximum atomic E-state index is 13.3. The van der Waals surface area contributed by atoms with Crippen molar-refractivity contribution in [1.29, 1.82) is 0 Å². The first-order valence-corrected chi connectivity index (χ1v) is 6.57. The molecule has 0 fully saturated rings. The summed E-state index contributed by atoms with van der Waals surface area (Å²) in [6.45, 7) is 0. The minimum atomic E-state index is -5.40. The molecule has 0 bridgehead atoms. The molecule has 0 amide bonds. The maximum absolute atomic E-state index is 13.3. The van der Waals surface area contributed by atoms with Crippen molar-refractivity contribution in [2.24, 2.45) is 0 Å². The molecule has 96 valence electrons. The molecule has 0 saturated carbocycles. The van der Waals surface area contributed by atoms with Crippen LogP contribution in [0.3, 0.4) is 0 Å². The Hall–Kier alpha value is -1.53. The number of benzene rings is 2. The van der Waals surface area contributed by atoms with E-state index in [-0.39, 0.29) is 5.56 Å². The summed E-state index contributed by atoms with van der Waals surface area (Å²) in [6, 6.07) is 11.5. The van der Waals surface area contributed by atoms with Crippen LogP contribution in [0.1, 0.15) is 5.56 Å². The van der Waals surface area contributed by atoms with E-state index in [0.29, 0.717) is 5.39 Å². The number of rotatable bonds is 3. The van der Waals surface area contributed by atoms with Gasteiger partial charge in [0, 0.05) is 0 Å². The number of alkyl halides is 2. The van der Waals surface area contributed by atoms with E-state index in [0.717, 1.165) is 5.39 Å². The van der Waals surface area contributed by atoms with Gasteiger partial charge in [0.1, 0.15) is 0 Å². The van der Waals surface area contributed by atoms with Crippen LogP contribution in [0.2, 0.25) is 0 Å². The van der Waals surface area contributed by atoms with E-state index in [1.165, 1.54) is 6.07 Å². The molecule has 6 heteroatoms. The molecular formula is C12H10F2O3S. The van der Waals surface area contributed by atoms with Crippen LogP contribution >= 0.6 is 0 Å². The average molecular weight is 272 g/mol. The Balaban J connectivity index is 2.51. The monoisotopic (exact) mass is 272 g/mol. The zero-order valence-corrected chi connectivity index (χ0v) is 9.99. The van der Waals surface area contributed by atoms with Gasteiger partial charge in [-0.05, 0) is 16.3 Å². The van der Waals surface area contributed by atoms with Gasteiger partial charge in [0.15, 0.2) is 0 Å². The van der Waals surface area contributed by atoms with Gasteiger partial charge in [-0.1, -0.05) is 42.5 Å². The van der Waals surface area contributed by atoms with E-state index in [1.54, 1.807) is 36.4 Å². The van der Waals surface area contributed by atoms with Crippen molar-refractivity contribution in [3.63, 3.8) is 0 Å². The normalized spacial score (nSPS) is 12.8. The molecule has 0 saturated heterocycles. The van der Waals surface area contributed by atoms with Gasteiger partial charge in [-0.15, -0.1) is 0 Å². The Morgan fingerprint density at radius 2 is 1.67 bits per heavy atom. The predicted molar refractivity (Wildman–Crippen MR) is 64.1 cm³/mol. The number of hydrogen-bond donors (Lipinski definition) is 1. The van der Waals surface area contributed by atoms with Crippen LogP contribution in [0, 0.1) is 0 Å². The summed E-state index contributed by atoms with van der Waals surface area (Å²) in [5.41, 5.74) is 0.177. The van der Waals surface area contributed by atoms with E-state index in [1.807, 2.05) is 0 Å². The lowest BCUT2D eigenvalue weighted by atomic mass is 10.0. The first-order chi connectivity index (χ1) is 8.31. The summed E-state index contributed by atoms with van der Waals surface area (Å²) in [5.74, 6) is 0. The third kappa shape index (κ3) is 2.34. The summed E-state index contributed by atoms with van der Waals surface area (Å²) in [4.78, 5) is 0. The van der Waals surface area contributed by atoms with Crippen molar-refractivity contribution in [1.82, 2.24) is 0 Å². The SMILES string of the molecule is O=S(=O)(O)C(F)(F)Cc1cccc2ccccc12. The molecule has 18 heavy (non-hydrogen) atoms. The summed E-state index contributed by atoms with van der Waals surface area (Å²) in [5, 5.41) is -2.90. The van der Waals surface area contributed by atoms with Gasteiger partial charge < -0.3 is 0 Å². The summed E-state index contributed by atoms with van der Waals surface area (Å²) in [6.07, 6.45) is -1.05. The highest BCUT2D eigenvalue weighted by molar-refractivity contribution is 7.86. The Labute approximate surface area is 103 Å². The number of hydrogen-bond acceptors (Lipinski definition) is 2. The average Bonchev–Trinajstić information content (AvgIpc) is 2.27. The third-order valence-corrected chi connectivity index (χ3v) is 3.55. The Bertz CT molecular complexity index is 675. The molecule has 0 unspecified atom stereocenters. The van der Waals surface area contributed by atoms with Crippen molar-refractivity contribution in [3.05, 3.63) is 48.0 Å². The van der Waals surface area contributed by atoms with Gasteiger partial charge in [-0.3, -0.25) is 4.55 Å². The molecule has 0 aliphatic carbocycles. The van der Waals surface area contributed by atoms with Crippen LogP contribution in [0.4, 0.5) is 8.78 Å². The third-order valence-electron chi connectivity index (χ3n) is 2.65. The highest BCUT2D eigenvalue weighted by Gasteiger charge is 2.44. The van der Waals surface area contributed by atoms with Crippen molar-refractivity contribution in [3.8, 4) is 0 Å². The Kier molecular flexibility index (Phi) is 3.08. The van der Waals surface area contributed by atoms with Crippen LogP contribution in [-0.2, 0) is 16.5 Å². The highest BCUT2D eigenvalue weighted by atomic mass is 32.2. The molecule has 0 atom stereocenters. The lowest BCUT2D eigenvalue weighted by Crippen LogP contribution is -2.30. The van der Waals surface area contributed by atoms with Gasteiger partial charge in [0.25, 0.3) is 0 Å². The van der Waals surface area contributed by atoms with Crippen LogP contribution in [0.25, 0.3) is 10.8 Å². The minimum absolute atomic E-state index is 0.177. The van der Waals surface area contributed by atoms with Crippen LogP contribution in [0.5, 0.6) is 0 Å². The molecule has 1 N–H and O–H groups in total. The van der Waals surface area contributed by atoms with Crippen LogP contribution < -0.4 is 0 Å². The number of halogens is 2. The van der Waals surface area contributed by atoms with Gasteiger partial charge in [-0.25, -0.2) is 0 Å². The molecule has 2 aromatic carbocycles. The first-order valence-electron chi connectivity index (χ1n) is 5.13. The standard InChI is InChI=1S/C12H10F2O3S/c13-12(14,18(15,16)17)8-10-6-3-5-9-4-1-2-7-11(9)10/h1-7H,8H2,(H,15,16,17). The first kappa shape index (κ1) is 12.9. The molecule has 0 aromatic heterocycles. The fraction of sp³-hybridized carbons (Fsp3) is 0.167. The zero-order valence-electron chi connectivity index (χ0n) is 9.18. The summed E-state index contributed by atoms with van der Waals surface area (Å²) < 4.78 is 56.3. The zero-order chi connectivity index (χ0) is 13.4. The number of fused-ring (bicyclic) bond motifs is 1. The molecule has 3 nitrogen and oxygen atoms in total. The van der Waals surface area contributed by atoms with Gasteiger partial charge >= 0.3 is 15.4 Å². The van der Waals surface area contributed by atoms with E-state index >= 15 is 0 Å². The van der Waals surface area contributed by atoms with Crippen LogP contribution in [0.15, 0.2) is 42.5 Å². The molecule has 0 radical (unpaired) electrons. The van der Waals surface area contributed by atoms with E-state index < -0.39 is 21.8 Å². The second kappa shape index (κ2) is 4.29. The smallest absolute Gasteiger partial charge is 0.281 e. The quantitative estimate of drug-likeness (QED) is 0.874. The van der Waals surface area contributed by atoms with Crippen molar-refractivity contribution >= 4 is 20.9 Å². The topological polar surface area (TPSA) is 54.4 Å². The van der Waals surface area contributed by atoms with Gasteiger partial charge in [-0.2, -0.15) is 17.2 Å². The summed E-state index contributed by atoms with van der Waals surface area (Å²) >= 11 is 0. The lowest BCUT2D eigenvalue weighted by molar-refractivity contribution is 0.0816. The van der Waals surface area contributed by atoms with Crippen molar-refractivity contribution in [2.75, 3.05) is 0 Å². The second-order valence-electron chi connectivity index (χ2n) is 3.93. The molecule has 2 aromatic rings. The van der Waals surface area contributed by atoms with Crippen molar-refractivity contribution < 1.29 is 21.8 Å². The Morgan fingerprint density at radius 3 is 2.33 bits per heavy atom. The second-order valence-corrected chi connectivity index (χ2v) is 5.47. The fourth-order valence-corrected chi connectivity index (χ4v) is 2.10. The van der Waals surface area contributed by atoms with E-state index in [9.17, 15) is 17.2 Å². The molecule has 0 aliphatic heterocycles. The maximum Gasteiger partial charge on any atom is 0.373 e. The predicted octanol–water partition coefficient (Wildman–Crippen LogP) is 2.86. The Morgan fingerprint density at radius 1 is 1.06 bits per heavy atom. The van der Waals surface area contributed by atoms with E-state index in [4.69, 9.17) is 4.55 Å². The minimum Gasteiger partial charge on any atom is -0.281 e. The van der Waals surface area contributed by atoms with Crippen LogP contribution in [-0.4, -0.2) is 18.2 Å². The molecule has 0 spiro atoms. The molecular weight excluding hydrogens is 262 g/mol. The molecule has 0 aliphatic rings. The van der Waals surface area contributed by atoms with Crippen molar-refractivity contribution in [2.45, 2.75) is 11.7 Å². The summed E-state index contributed by atoms with van der Waals surface area (Å²) in [7, 11) is -5.40. The fourth-order valence-electron chi connectivity index (χ4n) is 1.76. The molecule has 2 rings (SSSR count). The van der Waals surface area contributed by atoms with E-state index in [2.05, 4.69) is 0 Å².